The average Bonchev–Trinajstić information content (AvgIpc) is 2.27. The maximum absolute atomic E-state index is 11.5. The van der Waals surface area contributed by atoms with Crippen molar-refractivity contribution in [2.45, 2.75) is 39.5 Å². The highest BCUT2D eigenvalue weighted by atomic mass is 17.0. The van der Waals surface area contributed by atoms with E-state index in [0.717, 1.165) is 25.7 Å². The van der Waals surface area contributed by atoms with Crippen LogP contribution in [0.5, 0.6) is 0 Å². The van der Waals surface area contributed by atoms with Gasteiger partial charge >= 0.3 is 23.5 Å². The standard InChI is InChI=1S/C12H18O6/c1-3-5-6-8(4-2)7-16-12(15)10-9(11(13)14)17-18-10/h8H,3-7H2,1-2H3,(H,13,14). The lowest BCUT2D eigenvalue weighted by Gasteiger charge is -2.14. The van der Waals surface area contributed by atoms with Crippen molar-refractivity contribution in [1.29, 1.82) is 0 Å². The smallest absolute Gasteiger partial charge is 0.383 e. The van der Waals surface area contributed by atoms with Crippen molar-refractivity contribution in [3.63, 3.8) is 0 Å². The van der Waals surface area contributed by atoms with E-state index in [4.69, 9.17) is 9.84 Å². The molecule has 102 valence electrons. The van der Waals surface area contributed by atoms with Gasteiger partial charge in [-0.3, -0.25) is 9.15 Å². The highest BCUT2D eigenvalue weighted by Gasteiger charge is 2.30. The van der Waals surface area contributed by atoms with E-state index in [2.05, 4.69) is 16.1 Å². The Morgan fingerprint density at radius 1 is 1.28 bits per heavy atom. The molecule has 0 spiro atoms. The van der Waals surface area contributed by atoms with Crippen LogP contribution in [0.1, 0.15) is 60.6 Å². The van der Waals surface area contributed by atoms with Gasteiger partial charge in [-0.15, -0.1) is 0 Å². The Kier molecular flexibility index (Phi) is 5.48. The molecule has 6 heteroatoms. The molecule has 0 aliphatic rings. The van der Waals surface area contributed by atoms with Gasteiger partial charge in [0.15, 0.2) is 0 Å². The number of carbonyl (C=O) groups excluding carboxylic acids is 1. The fourth-order valence-corrected chi connectivity index (χ4v) is 1.54. The van der Waals surface area contributed by atoms with Gasteiger partial charge in [-0.1, -0.05) is 33.1 Å². The summed E-state index contributed by atoms with van der Waals surface area (Å²) in [6.45, 7) is 4.40. The van der Waals surface area contributed by atoms with Crippen LogP contribution in [0.4, 0.5) is 0 Å². The first-order chi connectivity index (χ1) is 8.60. The molecule has 18 heavy (non-hydrogen) atoms. The number of unbranched alkanes of at least 4 members (excludes halogenated alkanes) is 1. The number of carbonyl (C=O) groups is 2. The first-order valence-electron chi connectivity index (χ1n) is 6.09. The molecular weight excluding hydrogens is 240 g/mol. The lowest BCUT2D eigenvalue weighted by Crippen LogP contribution is -2.18. The quantitative estimate of drug-likeness (QED) is 0.569. The fourth-order valence-electron chi connectivity index (χ4n) is 1.54. The van der Waals surface area contributed by atoms with Crippen molar-refractivity contribution in [3.05, 3.63) is 11.5 Å². The van der Waals surface area contributed by atoms with E-state index in [-0.39, 0.29) is 12.4 Å². The zero-order valence-electron chi connectivity index (χ0n) is 10.6. The Morgan fingerprint density at radius 2 is 1.94 bits per heavy atom. The van der Waals surface area contributed by atoms with Crippen LogP contribution in [0.25, 0.3) is 0 Å². The van der Waals surface area contributed by atoms with Crippen molar-refractivity contribution in [3.8, 4) is 0 Å². The van der Waals surface area contributed by atoms with Gasteiger partial charge < -0.3 is 9.84 Å². The van der Waals surface area contributed by atoms with Gasteiger partial charge in [-0.2, -0.15) is 0 Å². The number of aromatic carboxylic acids is 1. The molecule has 1 atom stereocenters. The van der Waals surface area contributed by atoms with Crippen LogP contribution < -0.4 is 0 Å². The van der Waals surface area contributed by atoms with Gasteiger partial charge in [0.05, 0.1) is 6.61 Å². The van der Waals surface area contributed by atoms with Gasteiger partial charge in [0.2, 0.25) is 0 Å². The zero-order valence-corrected chi connectivity index (χ0v) is 10.6. The van der Waals surface area contributed by atoms with Crippen LogP contribution in [0.15, 0.2) is 9.15 Å². The summed E-state index contributed by atoms with van der Waals surface area (Å²) in [4.78, 5) is 22.0. The molecule has 1 N–H and O–H groups in total. The summed E-state index contributed by atoms with van der Waals surface area (Å²) in [5.41, 5.74) is 0. The minimum Gasteiger partial charge on any atom is -0.475 e. The maximum atomic E-state index is 11.5. The predicted molar refractivity (Wildman–Crippen MR) is 61.5 cm³/mol. The number of carboxylic acids is 1. The number of hydrogen-bond donors (Lipinski definition) is 1. The second-order valence-corrected chi connectivity index (χ2v) is 4.15. The molecular formula is C12H18O6. The van der Waals surface area contributed by atoms with E-state index in [9.17, 15) is 9.59 Å². The monoisotopic (exact) mass is 258 g/mol. The highest BCUT2D eigenvalue weighted by Crippen LogP contribution is 2.17. The molecule has 1 unspecified atom stereocenters. The molecule has 6 nitrogen and oxygen atoms in total. The van der Waals surface area contributed by atoms with Crippen molar-refractivity contribution in [2.75, 3.05) is 6.61 Å². The zero-order chi connectivity index (χ0) is 13.5. The third-order valence-corrected chi connectivity index (χ3v) is 2.79. The lowest BCUT2D eigenvalue weighted by molar-refractivity contribution is -0.0419. The molecule has 0 saturated heterocycles. The molecule has 0 radical (unpaired) electrons. The number of rotatable bonds is 8. The van der Waals surface area contributed by atoms with Gasteiger partial charge in [0.25, 0.3) is 0 Å². The second-order valence-electron chi connectivity index (χ2n) is 4.15. The maximum Gasteiger partial charge on any atom is 0.383 e. The van der Waals surface area contributed by atoms with Gasteiger partial charge in [-0.05, 0) is 12.3 Å². The minimum absolute atomic E-state index is 0.273. The number of esters is 1. The van der Waals surface area contributed by atoms with Crippen molar-refractivity contribution in [2.24, 2.45) is 5.92 Å². The molecule has 0 bridgehead atoms. The van der Waals surface area contributed by atoms with Crippen LogP contribution in [-0.2, 0) is 4.74 Å². The van der Waals surface area contributed by atoms with E-state index in [0.29, 0.717) is 5.92 Å². The van der Waals surface area contributed by atoms with Crippen LogP contribution in [0, 0.1) is 5.92 Å². The first kappa shape index (κ1) is 14.3. The number of carboxylic acid groups (broad SMARTS) is 1. The largest absolute Gasteiger partial charge is 0.475 e. The summed E-state index contributed by atoms with van der Waals surface area (Å²) in [5.74, 6) is -2.70. The van der Waals surface area contributed by atoms with Crippen LogP contribution in [0.3, 0.4) is 0 Å². The van der Waals surface area contributed by atoms with Crippen LogP contribution >= 0.6 is 0 Å². The van der Waals surface area contributed by atoms with Gasteiger partial charge in [-0.25, -0.2) is 9.59 Å². The molecule has 1 rings (SSSR count). The summed E-state index contributed by atoms with van der Waals surface area (Å²) in [6, 6.07) is 0. The predicted octanol–water partition coefficient (Wildman–Crippen LogP) is 2.94. The molecule has 1 aromatic rings. The molecule has 0 amide bonds. The molecule has 0 aromatic carbocycles. The average molecular weight is 258 g/mol. The number of ether oxygens (including phenoxy) is 1. The SMILES string of the molecule is CCCCC(CC)COC(=O)c1ooc1C(=O)O. The molecule has 0 aliphatic heterocycles. The number of hydrogen-bond acceptors (Lipinski definition) is 5. The van der Waals surface area contributed by atoms with Gasteiger partial charge in [0, 0.05) is 0 Å². The van der Waals surface area contributed by atoms with Crippen LogP contribution in [-0.4, -0.2) is 23.7 Å². The topological polar surface area (TPSA) is 89.9 Å². The summed E-state index contributed by atoms with van der Waals surface area (Å²) in [7, 11) is 0. The second kappa shape index (κ2) is 6.88. The fraction of sp³-hybridized carbons (Fsp3) is 0.667. The third kappa shape index (κ3) is 3.65. The highest BCUT2D eigenvalue weighted by molar-refractivity contribution is 5.98. The Labute approximate surface area is 105 Å². The van der Waals surface area contributed by atoms with E-state index in [1.807, 2.05) is 6.92 Å². The van der Waals surface area contributed by atoms with Crippen molar-refractivity contribution in [1.82, 2.24) is 0 Å². The van der Waals surface area contributed by atoms with E-state index in [1.54, 1.807) is 0 Å². The lowest BCUT2D eigenvalue weighted by atomic mass is 10.0. The van der Waals surface area contributed by atoms with Crippen molar-refractivity contribution < 1.29 is 28.6 Å². The Hall–Kier alpha value is -1.72. The minimum atomic E-state index is -1.34. The van der Waals surface area contributed by atoms with Crippen LogP contribution in [0.2, 0.25) is 0 Å². The molecule has 1 heterocycles. The summed E-state index contributed by atoms with van der Waals surface area (Å²) < 4.78 is 13.6. The summed E-state index contributed by atoms with van der Waals surface area (Å²) in [6.07, 6.45) is 4.08. The Bertz CT molecular complexity index is 389. The Balaban J connectivity index is 2.41. The third-order valence-electron chi connectivity index (χ3n) is 2.79. The van der Waals surface area contributed by atoms with Crippen molar-refractivity contribution >= 4 is 11.9 Å². The molecule has 0 aliphatic carbocycles. The molecule has 1 aromatic heterocycles. The molecule has 0 saturated carbocycles. The normalized spacial score (nSPS) is 12.3. The summed E-state index contributed by atoms with van der Waals surface area (Å²) >= 11 is 0. The Morgan fingerprint density at radius 3 is 2.39 bits per heavy atom. The van der Waals surface area contributed by atoms with E-state index in [1.165, 1.54) is 0 Å². The molecule has 0 fully saturated rings. The van der Waals surface area contributed by atoms with E-state index >= 15 is 0 Å². The van der Waals surface area contributed by atoms with Gasteiger partial charge in [0.1, 0.15) is 0 Å². The van der Waals surface area contributed by atoms with E-state index < -0.39 is 17.7 Å². The first-order valence-corrected chi connectivity index (χ1v) is 6.09. The summed E-state index contributed by atoms with van der Waals surface area (Å²) in [5, 5.41) is 8.62.